The van der Waals surface area contributed by atoms with Gasteiger partial charge in [-0.05, 0) is 24.3 Å². The molecule has 1 fully saturated rings. The molecule has 1 aliphatic rings. The Bertz CT molecular complexity index is 581. The Balaban J connectivity index is 2.05. The highest BCUT2D eigenvalue weighted by molar-refractivity contribution is 7.10. The van der Waals surface area contributed by atoms with Crippen LogP contribution in [0, 0.1) is 0 Å². The molecule has 1 aromatic rings. The molecular weight excluding hydrogens is 332 g/mol. The normalized spacial score (nSPS) is 17.7. The van der Waals surface area contributed by atoms with Gasteiger partial charge in [0.1, 0.15) is 0 Å². The quantitative estimate of drug-likeness (QED) is 0.687. The SMILES string of the molecule is CC(=O)NC(CC(=O)NC1(CC(=O)O)CCOCC1)c1cccs1. The Hall–Kier alpha value is -1.93. The molecule has 132 valence electrons. The second-order valence-electron chi connectivity index (χ2n) is 5.98. The molecule has 1 aliphatic heterocycles. The number of nitrogens with one attached hydrogen (secondary N) is 2. The van der Waals surface area contributed by atoms with Crippen molar-refractivity contribution in [1.82, 2.24) is 10.6 Å². The Morgan fingerprint density at radius 3 is 2.62 bits per heavy atom. The molecule has 0 aromatic carbocycles. The molecule has 3 N–H and O–H groups in total. The number of hydrogen-bond acceptors (Lipinski definition) is 5. The summed E-state index contributed by atoms with van der Waals surface area (Å²) in [6.45, 7) is 2.25. The Kier molecular flexibility index (Phi) is 6.33. The van der Waals surface area contributed by atoms with Crippen LogP contribution in [0.1, 0.15) is 43.5 Å². The molecule has 2 rings (SSSR count). The molecule has 0 aliphatic carbocycles. The van der Waals surface area contributed by atoms with Crippen LogP contribution in [0.25, 0.3) is 0 Å². The van der Waals surface area contributed by atoms with E-state index in [0.717, 1.165) is 4.88 Å². The van der Waals surface area contributed by atoms with Crippen molar-refractivity contribution >= 4 is 29.1 Å². The van der Waals surface area contributed by atoms with E-state index in [9.17, 15) is 14.4 Å². The number of carboxylic acids is 1. The summed E-state index contributed by atoms with van der Waals surface area (Å²) in [6.07, 6.45) is 0.873. The van der Waals surface area contributed by atoms with Gasteiger partial charge in [0.2, 0.25) is 11.8 Å². The highest BCUT2D eigenvalue weighted by atomic mass is 32.1. The third kappa shape index (κ3) is 5.31. The van der Waals surface area contributed by atoms with Crippen LogP contribution in [0.15, 0.2) is 17.5 Å². The lowest BCUT2D eigenvalue weighted by Gasteiger charge is -2.37. The summed E-state index contributed by atoms with van der Waals surface area (Å²) in [4.78, 5) is 35.9. The van der Waals surface area contributed by atoms with Gasteiger partial charge in [0, 0.05) is 25.0 Å². The van der Waals surface area contributed by atoms with Crippen LogP contribution in [-0.4, -0.2) is 41.6 Å². The summed E-state index contributed by atoms with van der Waals surface area (Å²) in [5.74, 6) is -1.44. The van der Waals surface area contributed by atoms with Gasteiger partial charge in [-0.1, -0.05) is 6.07 Å². The summed E-state index contributed by atoms with van der Waals surface area (Å²) < 4.78 is 5.28. The summed E-state index contributed by atoms with van der Waals surface area (Å²) in [7, 11) is 0. The minimum Gasteiger partial charge on any atom is -0.481 e. The van der Waals surface area contributed by atoms with Crippen LogP contribution in [0.5, 0.6) is 0 Å². The van der Waals surface area contributed by atoms with Crippen LogP contribution in [0.2, 0.25) is 0 Å². The van der Waals surface area contributed by atoms with Gasteiger partial charge in [-0.15, -0.1) is 11.3 Å². The van der Waals surface area contributed by atoms with Crippen LogP contribution >= 0.6 is 11.3 Å². The first kappa shape index (κ1) is 18.4. The van der Waals surface area contributed by atoms with Gasteiger partial charge in [0.05, 0.1) is 24.4 Å². The van der Waals surface area contributed by atoms with Crippen molar-refractivity contribution in [2.75, 3.05) is 13.2 Å². The first-order chi connectivity index (χ1) is 11.4. The van der Waals surface area contributed by atoms with Gasteiger partial charge < -0.3 is 20.5 Å². The monoisotopic (exact) mass is 354 g/mol. The van der Waals surface area contributed by atoms with Gasteiger partial charge in [0.25, 0.3) is 0 Å². The Morgan fingerprint density at radius 1 is 1.38 bits per heavy atom. The van der Waals surface area contributed by atoms with Crippen molar-refractivity contribution < 1.29 is 24.2 Å². The Morgan fingerprint density at radius 2 is 2.08 bits per heavy atom. The fraction of sp³-hybridized carbons (Fsp3) is 0.562. The van der Waals surface area contributed by atoms with Gasteiger partial charge >= 0.3 is 5.97 Å². The summed E-state index contributed by atoms with van der Waals surface area (Å²) in [5.41, 5.74) is -0.780. The van der Waals surface area contributed by atoms with Gasteiger partial charge in [-0.25, -0.2) is 0 Å². The third-order valence-electron chi connectivity index (χ3n) is 4.00. The zero-order valence-electron chi connectivity index (χ0n) is 13.5. The van der Waals surface area contributed by atoms with Crippen LogP contribution in [-0.2, 0) is 19.1 Å². The minimum atomic E-state index is -0.950. The Labute approximate surface area is 144 Å². The molecule has 1 aromatic heterocycles. The van der Waals surface area contributed by atoms with E-state index in [1.54, 1.807) is 0 Å². The number of aliphatic carboxylic acids is 1. The zero-order valence-corrected chi connectivity index (χ0v) is 14.4. The van der Waals surface area contributed by atoms with Crippen LogP contribution in [0.3, 0.4) is 0 Å². The average Bonchev–Trinajstić information content (AvgIpc) is 2.99. The third-order valence-corrected chi connectivity index (χ3v) is 4.98. The topological polar surface area (TPSA) is 105 Å². The van der Waals surface area contributed by atoms with Crippen molar-refractivity contribution in [2.24, 2.45) is 0 Å². The number of hydrogen-bond donors (Lipinski definition) is 3. The summed E-state index contributed by atoms with van der Waals surface area (Å²) >= 11 is 1.46. The number of carbonyl (C=O) groups excluding carboxylic acids is 2. The average molecular weight is 354 g/mol. The van der Waals surface area contributed by atoms with E-state index < -0.39 is 17.6 Å². The van der Waals surface area contributed by atoms with Crippen molar-refractivity contribution in [3.05, 3.63) is 22.4 Å². The number of thiophene rings is 1. The summed E-state index contributed by atoms with van der Waals surface area (Å²) in [5, 5.41) is 16.7. The zero-order chi connectivity index (χ0) is 17.6. The number of rotatable bonds is 7. The van der Waals surface area contributed by atoms with E-state index in [1.165, 1.54) is 18.3 Å². The van der Waals surface area contributed by atoms with Crippen molar-refractivity contribution in [3.8, 4) is 0 Å². The molecule has 0 saturated carbocycles. The molecule has 0 radical (unpaired) electrons. The maximum Gasteiger partial charge on any atom is 0.305 e. The van der Waals surface area contributed by atoms with Crippen molar-refractivity contribution in [3.63, 3.8) is 0 Å². The van der Waals surface area contributed by atoms with Crippen molar-refractivity contribution in [1.29, 1.82) is 0 Å². The molecule has 0 spiro atoms. The highest BCUT2D eigenvalue weighted by Crippen LogP contribution is 2.27. The van der Waals surface area contributed by atoms with E-state index >= 15 is 0 Å². The predicted molar refractivity (Wildman–Crippen MR) is 88.7 cm³/mol. The maximum absolute atomic E-state index is 12.5. The van der Waals surface area contributed by atoms with Gasteiger partial charge in [0.15, 0.2) is 0 Å². The second kappa shape index (κ2) is 8.25. The predicted octanol–water partition coefficient (Wildman–Crippen LogP) is 1.46. The first-order valence-corrected chi connectivity index (χ1v) is 8.69. The van der Waals surface area contributed by atoms with Crippen LogP contribution < -0.4 is 10.6 Å². The molecule has 24 heavy (non-hydrogen) atoms. The molecule has 7 nitrogen and oxygen atoms in total. The van der Waals surface area contributed by atoms with Crippen molar-refractivity contribution in [2.45, 2.75) is 44.2 Å². The van der Waals surface area contributed by atoms with E-state index in [2.05, 4.69) is 10.6 Å². The van der Waals surface area contributed by atoms with E-state index in [-0.39, 0.29) is 24.7 Å². The van der Waals surface area contributed by atoms with Gasteiger partial charge in [-0.3, -0.25) is 14.4 Å². The maximum atomic E-state index is 12.5. The highest BCUT2D eigenvalue weighted by Gasteiger charge is 2.36. The molecule has 1 atom stereocenters. The molecule has 2 amide bonds. The minimum absolute atomic E-state index is 0.0717. The van der Waals surface area contributed by atoms with E-state index in [4.69, 9.17) is 9.84 Å². The fourth-order valence-electron chi connectivity index (χ4n) is 2.89. The first-order valence-electron chi connectivity index (χ1n) is 7.81. The number of amides is 2. The van der Waals surface area contributed by atoms with E-state index in [1.807, 2.05) is 17.5 Å². The summed E-state index contributed by atoms with van der Waals surface area (Å²) in [6, 6.07) is 3.31. The van der Waals surface area contributed by atoms with Gasteiger partial charge in [-0.2, -0.15) is 0 Å². The standard InChI is InChI=1S/C16H22N2O5S/c1-11(19)17-12(13-3-2-8-24-13)9-14(20)18-16(10-15(21)22)4-6-23-7-5-16/h2-3,8,12H,4-7,9-10H2,1H3,(H,17,19)(H,18,20)(H,21,22). The number of ether oxygens (including phenoxy) is 1. The molecule has 2 heterocycles. The molecule has 1 unspecified atom stereocenters. The molecule has 1 saturated heterocycles. The molecule has 8 heteroatoms. The lowest BCUT2D eigenvalue weighted by Crippen LogP contribution is -2.53. The lowest BCUT2D eigenvalue weighted by atomic mass is 9.86. The molecule has 0 bridgehead atoms. The number of carboxylic acid groups (broad SMARTS) is 1. The fourth-order valence-corrected chi connectivity index (χ4v) is 3.67. The largest absolute Gasteiger partial charge is 0.481 e. The smallest absolute Gasteiger partial charge is 0.305 e. The number of carbonyl (C=O) groups is 3. The van der Waals surface area contributed by atoms with E-state index in [0.29, 0.717) is 26.1 Å². The molecular formula is C16H22N2O5S. The second-order valence-corrected chi connectivity index (χ2v) is 6.96. The lowest BCUT2D eigenvalue weighted by molar-refractivity contribution is -0.140. The van der Waals surface area contributed by atoms with Crippen LogP contribution in [0.4, 0.5) is 0 Å².